The normalized spacial score (nSPS) is 21.0. The second kappa shape index (κ2) is 10.8. The van der Waals surface area contributed by atoms with E-state index in [1.54, 1.807) is 6.26 Å². The highest BCUT2D eigenvalue weighted by Gasteiger charge is 2.27. The molecule has 2 fully saturated rings. The van der Waals surface area contributed by atoms with E-state index >= 15 is 0 Å². The summed E-state index contributed by atoms with van der Waals surface area (Å²) in [6.45, 7) is 8.90. The molecule has 158 valence electrons. The molecule has 1 N–H and O–H groups in total. The summed E-state index contributed by atoms with van der Waals surface area (Å²) in [7, 11) is 0. The zero-order chi connectivity index (χ0) is 19.7. The van der Waals surface area contributed by atoms with Crippen LogP contribution in [0.3, 0.4) is 0 Å². The van der Waals surface area contributed by atoms with Crippen molar-refractivity contribution in [3.05, 3.63) is 46.5 Å². The average molecular weight is 417 g/mol. The van der Waals surface area contributed by atoms with Crippen molar-refractivity contribution in [3.63, 3.8) is 0 Å². The first-order chi connectivity index (χ1) is 14.4. The van der Waals surface area contributed by atoms with Crippen LogP contribution in [-0.4, -0.2) is 74.8 Å². The Morgan fingerprint density at radius 2 is 2.10 bits per heavy atom. The summed E-state index contributed by atoms with van der Waals surface area (Å²) in [6.07, 6.45) is 4.86. The van der Waals surface area contributed by atoms with E-state index in [4.69, 9.17) is 14.1 Å². The zero-order valence-corrected chi connectivity index (χ0v) is 17.9. The maximum Gasteiger partial charge on any atom is 0.193 e. The summed E-state index contributed by atoms with van der Waals surface area (Å²) in [5.74, 6) is 2.78. The second-order valence-corrected chi connectivity index (χ2v) is 8.84. The van der Waals surface area contributed by atoms with E-state index in [1.165, 1.54) is 17.8 Å². The summed E-state index contributed by atoms with van der Waals surface area (Å²) in [4.78, 5) is 11.4. The third-order valence-electron chi connectivity index (χ3n) is 5.64. The number of nitrogens with one attached hydrogen (secondary N) is 1. The highest BCUT2D eigenvalue weighted by molar-refractivity contribution is 7.09. The number of guanidine groups is 1. The first kappa shape index (κ1) is 20.4. The molecule has 7 heteroatoms. The van der Waals surface area contributed by atoms with Crippen molar-refractivity contribution in [3.8, 4) is 0 Å². The highest BCUT2D eigenvalue weighted by atomic mass is 32.1. The lowest BCUT2D eigenvalue weighted by Gasteiger charge is -2.29. The van der Waals surface area contributed by atoms with Gasteiger partial charge >= 0.3 is 0 Å². The van der Waals surface area contributed by atoms with E-state index < -0.39 is 0 Å². The number of nitrogens with zero attached hydrogens (tertiary/aromatic N) is 3. The van der Waals surface area contributed by atoms with Gasteiger partial charge in [-0.3, -0.25) is 9.89 Å². The van der Waals surface area contributed by atoms with E-state index in [0.29, 0.717) is 5.92 Å². The Morgan fingerprint density at radius 3 is 2.90 bits per heavy atom. The summed E-state index contributed by atoms with van der Waals surface area (Å²) in [6, 6.07) is 8.28. The van der Waals surface area contributed by atoms with Crippen molar-refractivity contribution in [2.75, 3.05) is 59.0 Å². The standard InChI is InChI=1S/C22H32N4O2S/c1-3-20(28-13-1)5-8-23-22(24-9-6-21-4-2-16-29-21)26-10-7-19(18-26)17-25-11-14-27-15-12-25/h1-4,13,16,19H,5-12,14-15,17-18H2,(H,23,24). The van der Waals surface area contributed by atoms with Crippen molar-refractivity contribution in [2.45, 2.75) is 19.3 Å². The third-order valence-corrected chi connectivity index (χ3v) is 6.58. The topological polar surface area (TPSA) is 53.2 Å². The van der Waals surface area contributed by atoms with Gasteiger partial charge in [0, 0.05) is 63.5 Å². The van der Waals surface area contributed by atoms with Crippen LogP contribution in [0.4, 0.5) is 0 Å². The number of morpholine rings is 1. The molecule has 0 aliphatic carbocycles. The Morgan fingerprint density at radius 1 is 1.17 bits per heavy atom. The Balaban J connectivity index is 1.30. The van der Waals surface area contributed by atoms with Crippen LogP contribution in [0.2, 0.25) is 0 Å². The van der Waals surface area contributed by atoms with Gasteiger partial charge in [0.15, 0.2) is 5.96 Å². The van der Waals surface area contributed by atoms with Gasteiger partial charge in [0.05, 0.1) is 19.5 Å². The number of likely N-dealkylation sites (tertiary alicyclic amines) is 1. The molecule has 6 nitrogen and oxygen atoms in total. The monoisotopic (exact) mass is 416 g/mol. The van der Waals surface area contributed by atoms with Crippen LogP contribution < -0.4 is 5.32 Å². The van der Waals surface area contributed by atoms with Crippen molar-refractivity contribution in [2.24, 2.45) is 10.9 Å². The minimum absolute atomic E-state index is 0.711. The summed E-state index contributed by atoms with van der Waals surface area (Å²) in [5.41, 5.74) is 0. The molecule has 0 radical (unpaired) electrons. The molecule has 4 heterocycles. The predicted molar refractivity (Wildman–Crippen MR) is 118 cm³/mol. The quantitative estimate of drug-likeness (QED) is 0.530. The Hall–Kier alpha value is -1.83. The second-order valence-electron chi connectivity index (χ2n) is 7.80. The number of ether oxygens (including phenoxy) is 1. The van der Waals surface area contributed by atoms with Crippen molar-refractivity contribution < 1.29 is 9.15 Å². The lowest BCUT2D eigenvalue weighted by atomic mass is 10.1. The van der Waals surface area contributed by atoms with Crippen molar-refractivity contribution in [1.82, 2.24) is 15.1 Å². The Bertz CT molecular complexity index is 726. The fourth-order valence-electron chi connectivity index (χ4n) is 4.07. The third kappa shape index (κ3) is 6.32. The van der Waals surface area contributed by atoms with E-state index in [9.17, 15) is 0 Å². The van der Waals surface area contributed by atoms with E-state index in [-0.39, 0.29) is 0 Å². The Labute approximate surface area is 177 Å². The van der Waals surface area contributed by atoms with Crippen LogP contribution in [0, 0.1) is 5.92 Å². The van der Waals surface area contributed by atoms with Crippen LogP contribution in [0.5, 0.6) is 0 Å². The number of thiophene rings is 1. The average Bonchev–Trinajstić information content (AvgIpc) is 3.51. The molecule has 2 aromatic heterocycles. The zero-order valence-electron chi connectivity index (χ0n) is 17.1. The fraction of sp³-hybridized carbons (Fsp3) is 0.591. The molecule has 0 spiro atoms. The smallest absolute Gasteiger partial charge is 0.193 e. The lowest BCUT2D eigenvalue weighted by molar-refractivity contribution is 0.0315. The number of hydrogen-bond donors (Lipinski definition) is 1. The maximum absolute atomic E-state index is 5.49. The van der Waals surface area contributed by atoms with Gasteiger partial charge in [-0.05, 0) is 35.9 Å². The highest BCUT2D eigenvalue weighted by Crippen LogP contribution is 2.18. The van der Waals surface area contributed by atoms with Gasteiger partial charge in [-0.2, -0.15) is 0 Å². The van der Waals surface area contributed by atoms with Gasteiger partial charge in [0.25, 0.3) is 0 Å². The van der Waals surface area contributed by atoms with Gasteiger partial charge in [0.1, 0.15) is 5.76 Å². The van der Waals surface area contributed by atoms with Crippen LogP contribution in [0.1, 0.15) is 17.1 Å². The molecule has 2 aliphatic rings. The van der Waals surface area contributed by atoms with Gasteiger partial charge in [-0.1, -0.05) is 6.07 Å². The lowest BCUT2D eigenvalue weighted by Crippen LogP contribution is -2.43. The summed E-state index contributed by atoms with van der Waals surface area (Å²) < 4.78 is 11.0. The number of furan rings is 1. The maximum atomic E-state index is 5.49. The van der Waals surface area contributed by atoms with E-state index in [1.807, 2.05) is 23.5 Å². The minimum Gasteiger partial charge on any atom is -0.469 e. The molecule has 0 amide bonds. The number of rotatable bonds is 8. The molecule has 0 saturated carbocycles. The molecule has 0 bridgehead atoms. The predicted octanol–water partition coefficient (Wildman–Crippen LogP) is 2.73. The molecule has 0 aromatic carbocycles. The molecule has 4 rings (SSSR count). The van der Waals surface area contributed by atoms with Crippen LogP contribution in [-0.2, 0) is 17.6 Å². The molecule has 1 atom stereocenters. The Kier molecular flexibility index (Phi) is 7.62. The van der Waals surface area contributed by atoms with E-state index in [2.05, 4.69) is 32.6 Å². The van der Waals surface area contributed by atoms with Crippen LogP contribution in [0.15, 0.2) is 45.3 Å². The molecule has 2 aliphatic heterocycles. The summed E-state index contributed by atoms with van der Waals surface area (Å²) >= 11 is 1.81. The van der Waals surface area contributed by atoms with Gasteiger partial charge in [-0.25, -0.2) is 0 Å². The van der Waals surface area contributed by atoms with Crippen LogP contribution in [0.25, 0.3) is 0 Å². The molecule has 2 aromatic rings. The fourth-order valence-corrected chi connectivity index (χ4v) is 4.77. The number of aliphatic imine (C=N–C) groups is 1. The molecular weight excluding hydrogens is 384 g/mol. The van der Waals surface area contributed by atoms with E-state index in [0.717, 1.165) is 77.0 Å². The first-order valence-corrected chi connectivity index (χ1v) is 11.6. The molecular formula is C22H32N4O2S. The van der Waals surface area contributed by atoms with Gasteiger partial charge in [0.2, 0.25) is 0 Å². The van der Waals surface area contributed by atoms with Gasteiger partial charge < -0.3 is 19.4 Å². The summed E-state index contributed by atoms with van der Waals surface area (Å²) in [5, 5.41) is 5.73. The minimum atomic E-state index is 0.711. The van der Waals surface area contributed by atoms with Crippen molar-refractivity contribution in [1.29, 1.82) is 0 Å². The number of hydrogen-bond acceptors (Lipinski definition) is 5. The molecule has 29 heavy (non-hydrogen) atoms. The largest absolute Gasteiger partial charge is 0.469 e. The molecule has 1 unspecified atom stereocenters. The van der Waals surface area contributed by atoms with Crippen LogP contribution >= 0.6 is 11.3 Å². The van der Waals surface area contributed by atoms with Crippen molar-refractivity contribution >= 4 is 17.3 Å². The molecule has 2 saturated heterocycles. The SMILES string of the molecule is c1coc(CCNC(=NCCc2cccs2)N2CCC(CN3CCOCC3)C2)c1. The van der Waals surface area contributed by atoms with Gasteiger partial charge in [-0.15, -0.1) is 11.3 Å². The first-order valence-electron chi connectivity index (χ1n) is 10.7.